The first-order valence-corrected chi connectivity index (χ1v) is 11.0. The normalized spacial score (nSPS) is 16.0. The number of ether oxygens (including phenoxy) is 1. The van der Waals surface area contributed by atoms with Crippen molar-refractivity contribution in [1.82, 2.24) is 9.88 Å². The van der Waals surface area contributed by atoms with Crippen molar-refractivity contribution < 1.29 is 4.74 Å². The SMILES string of the molecule is Cc1ccc2c(c1)Cc1cccc(c1)CN(Cc1cncs1)CCCCCO2. The zero-order valence-corrected chi connectivity index (χ0v) is 17.4. The first kappa shape index (κ1) is 19.2. The molecule has 0 saturated carbocycles. The lowest BCUT2D eigenvalue weighted by atomic mass is 10.00. The zero-order valence-electron chi connectivity index (χ0n) is 16.6. The highest BCUT2D eigenvalue weighted by molar-refractivity contribution is 7.09. The molecule has 1 aliphatic rings. The molecule has 4 heteroatoms. The maximum atomic E-state index is 6.15. The number of hydrogen-bond acceptors (Lipinski definition) is 4. The minimum Gasteiger partial charge on any atom is -0.493 e. The first-order chi connectivity index (χ1) is 13.8. The van der Waals surface area contributed by atoms with E-state index in [4.69, 9.17) is 4.74 Å². The summed E-state index contributed by atoms with van der Waals surface area (Å²) in [7, 11) is 0. The highest BCUT2D eigenvalue weighted by Crippen LogP contribution is 2.25. The van der Waals surface area contributed by atoms with Gasteiger partial charge in [-0.15, -0.1) is 11.3 Å². The summed E-state index contributed by atoms with van der Waals surface area (Å²) < 4.78 is 6.15. The predicted octanol–water partition coefficient (Wildman–Crippen LogP) is 5.61. The number of nitrogens with zero attached hydrogens (tertiary/aromatic N) is 2. The Labute approximate surface area is 172 Å². The van der Waals surface area contributed by atoms with Crippen LogP contribution < -0.4 is 4.74 Å². The van der Waals surface area contributed by atoms with Crippen molar-refractivity contribution in [2.45, 2.75) is 45.7 Å². The van der Waals surface area contributed by atoms with Gasteiger partial charge in [0.15, 0.2) is 0 Å². The molecule has 0 amide bonds. The number of aromatic nitrogens is 1. The Morgan fingerprint density at radius 3 is 2.89 bits per heavy atom. The van der Waals surface area contributed by atoms with Crippen molar-refractivity contribution in [2.24, 2.45) is 0 Å². The van der Waals surface area contributed by atoms with Crippen molar-refractivity contribution in [3.8, 4) is 5.75 Å². The highest BCUT2D eigenvalue weighted by atomic mass is 32.1. The van der Waals surface area contributed by atoms with Crippen LogP contribution in [0, 0.1) is 6.92 Å². The molecule has 2 bridgehead atoms. The maximum absolute atomic E-state index is 6.15. The van der Waals surface area contributed by atoms with Crippen LogP contribution in [0.4, 0.5) is 0 Å². The number of aryl methyl sites for hydroxylation is 1. The van der Waals surface area contributed by atoms with Crippen LogP contribution in [-0.4, -0.2) is 23.0 Å². The Balaban J connectivity index is 1.58. The van der Waals surface area contributed by atoms with E-state index in [0.717, 1.165) is 44.8 Å². The van der Waals surface area contributed by atoms with E-state index >= 15 is 0 Å². The van der Waals surface area contributed by atoms with Crippen molar-refractivity contribution in [3.63, 3.8) is 0 Å². The Kier molecular flexibility index (Phi) is 6.40. The summed E-state index contributed by atoms with van der Waals surface area (Å²) in [6.45, 7) is 6.03. The van der Waals surface area contributed by atoms with Gasteiger partial charge in [-0.3, -0.25) is 9.88 Å². The molecule has 4 rings (SSSR count). The Morgan fingerprint density at radius 1 is 1.07 bits per heavy atom. The maximum Gasteiger partial charge on any atom is 0.122 e. The topological polar surface area (TPSA) is 25.4 Å². The molecule has 1 aliphatic heterocycles. The van der Waals surface area contributed by atoms with Gasteiger partial charge >= 0.3 is 0 Å². The quantitative estimate of drug-likeness (QED) is 0.567. The van der Waals surface area contributed by atoms with Crippen LogP contribution in [-0.2, 0) is 19.5 Å². The molecule has 0 N–H and O–H groups in total. The third kappa shape index (κ3) is 5.21. The molecule has 0 saturated heterocycles. The van der Waals surface area contributed by atoms with Gasteiger partial charge in [0, 0.05) is 30.6 Å². The summed E-state index contributed by atoms with van der Waals surface area (Å²) in [4.78, 5) is 8.13. The summed E-state index contributed by atoms with van der Waals surface area (Å²) in [5.74, 6) is 1.04. The second kappa shape index (κ2) is 9.35. The highest BCUT2D eigenvalue weighted by Gasteiger charge is 2.11. The average Bonchev–Trinajstić information content (AvgIpc) is 3.18. The van der Waals surface area contributed by atoms with Gasteiger partial charge in [-0.05, 0) is 55.5 Å². The lowest BCUT2D eigenvalue weighted by Crippen LogP contribution is -2.24. The molecule has 0 fully saturated rings. The standard InChI is InChI=1S/C24H28N2OS/c1-19-8-9-24-22(12-19)14-20-6-5-7-21(13-20)16-26(10-3-2-4-11-27-24)17-23-15-25-18-28-23/h5-9,12-13,15,18H,2-4,10-11,14,16-17H2,1H3. The fraction of sp³-hybridized carbons (Fsp3) is 0.375. The molecule has 1 aromatic heterocycles. The summed E-state index contributed by atoms with van der Waals surface area (Å²) in [6.07, 6.45) is 6.41. The number of fused-ring (bicyclic) bond motifs is 3. The van der Waals surface area contributed by atoms with E-state index < -0.39 is 0 Å². The molecule has 0 unspecified atom stereocenters. The monoisotopic (exact) mass is 392 g/mol. The third-order valence-corrected chi connectivity index (χ3v) is 6.01. The molecule has 0 aliphatic carbocycles. The average molecular weight is 393 g/mol. The van der Waals surface area contributed by atoms with Gasteiger partial charge in [0.25, 0.3) is 0 Å². The molecule has 3 aromatic rings. The van der Waals surface area contributed by atoms with E-state index in [-0.39, 0.29) is 0 Å². The lowest BCUT2D eigenvalue weighted by Gasteiger charge is -2.22. The Hall–Kier alpha value is -2.17. The van der Waals surface area contributed by atoms with Crippen LogP contribution in [0.5, 0.6) is 5.75 Å². The van der Waals surface area contributed by atoms with Crippen molar-refractivity contribution in [2.75, 3.05) is 13.2 Å². The van der Waals surface area contributed by atoms with Crippen LogP contribution in [0.15, 0.2) is 54.2 Å². The van der Waals surface area contributed by atoms with Gasteiger partial charge in [0.1, 0.15) is 5.75 Å². The molecular weight excluding hydrogens is 364 g/mol. The summed E-state index contributed by atoms with van der Waals surface area (Å²) in [5, 5.41) is 0. The second-order valence-corrected chi connectivity index (χ2v) is 8.67. The Morgan fingerprint density at radius 2 is 2.00 bits per heavy atom. The van der Waals surface area contributed by atoms with E-state index in [9.17, 15) is 0 Å². The smallest absolute Gasteiger partial charge is 0.122 e. The summed E-state index contributed by atoms with van der Waals surface area (Å²) >= 11 is 1.75. The van der Waals surface area contributed by atoms with Gasteiger partial charge in [-0.1, -0.05) is 42.0 Å². The summed E-state index contributed by atoms with van der Waals surface area (Å²) in [6, 6.07) is 15.6. The molecule has 146 valence electrons. The van der Waals surface area contributed by atoms with Crippen LogP contribution in [0.25, 0.3) is 0 Å². The predicted molar refractivity (Wildman–Crippen MR) is 116 cm³/mol. The minimum absolute atomic E-state index is 0.797. The fourth-order valence-electron chi connectivity index (χ4n) is 3.85. The van der Waals surface area contributed by atoms with Gasteiger partial charge < -0.3 is 4.74 Å². The van der Waals surface area contributed by atoms with Gasteiger partial charge in [0.05, 0.1) is 12.1 Å². The van der Waals surface area contributed by atoms with E-state index in [1.807, 2.05) is 11.7 Å². The van der Waals surface area contributed by atoms with Crippen molar-refractivity contribution >= 4 is 11.3 Å². The number of rotatable bonds is 2. The summed E-state index contributed by atoms with van der Waals surface area (Å²) in [5.41, 5.74) is 7.24. The molecule has 0 radical (unpaired) electrons. The van der Waals surface area contributed by atoms with Crippen molar-refractivity contribution in [3.05, 3.63) is 81.3 Å². The molecule has 2 aromatic carbocycles. The Bertz CT molecular complexity index is 891. The molecule has 2 heterocycles. The largest absolute Gasteiger partial charge is 0.493 e. The minimum atomic E-state index is 0.797. The van der Waals surface area contributed by atoms with E-state index in [1.54, 1.807) is 11.3 Å². The van der Waals surface area contributed by atoms with E-state index in [2.05, 4.69) is 59.3 Å². The zero-order chi connectivity index (χ0) is 19.2. The number of thiazole rings is 1. The molecule has 0 spiro atoms. The van der Waals surface area contributed by atoms with Crippen LogP contribution >= 0.6 is 11.3 Å². The van der Waals surface area contributed by atoms with Crippen LogP contribution in [0.2, 0.25) is 0 Å². The molecule has 0 atom stereocenters. The van der Waals surface area contributed by atoms with Crippen LogP contribution in [0.1, 0.15) is 46.4 Å². The van der Waals surface area contributed by atoms with Crippen LogP contribution in [0.3, 0.4) is 0 Å². The molecule has 28 heavy (non-hydrogen) atoms. The lowest BCUT2D eigenvalue weighted by molar-refractivity contribution is 0.245. The first-order valence-electron chi connectivity index (χ1n) is 10.2. The third-order valence-electron chi connectivity index (χ3n) is 5.25. The second-order valence-electron chi connectivity index (χ2n) is 7.70. The van der Waals surface area contributed by atoms with Crippen molar-refractivity contribution in [1.29, 1.82) is 0 Å². The molecular formula is C24H28N2OS. The van der Waals surface area contributed by atoms with Gasteiger partial charge in [-0.25, -0.2) is 0 Å². The van der Waals surface area contributed by atoms with Gasteiger partial charge in [-0.2, -0.15) is 0 Å². The number of hydrogen-bond donors (Lipinski definition) is 0. The fourth-order valence-corrected chi connectivity index (χ4v) is 4.49. The van der Waals surface area contributed by atoms with E-state index in [1.165, 1.54) is 40.0 Å². The molecule has 3 nitrogen and oxygen atoms in total. The van der Waals surface area contributed by atoms with Gasteiger partial charge in [0.2, 0.25) is 0 Å². The number of benzene rings is 2. The van der Waals surface area contributed by atoms with E-state index in [0.29, 0.717) is 0 Å².